The van der Waals surface area contributed by atoms with Crippen molar-refractivity contribution in [1.82, 2.24) is 0 Å². The summed E-state index contributed by atoms with van der Waals surface area (Å²) in [6.07, 6.45) is 2.68. The van der Waals surface area contributed by atoms with Crippen LogP contribution < -0.4 is 0 Å². The van der Waals surface area contributed by atoms with Gasteiger partial charge in [-0.1, -0.05) is 27.7 Å². The monoisotopic (exact) mass is 246 g/mol. The topological polar surface area (TPSA) is 26.3 Å². The molecule has 98 valence electrons. The first-order valence-electron chi connectivity index (χ1n) is 7.47. The van der Waals surface area contributed by atoms with Crippen LogP contribution in [0.4, 0.5) is 0 Å². The maximum absolute atomic E-state index is 12.0. The minimum absolute atomic E-state index is 0.124. The van der Waals surface area contributed by atoms with Crippen molar-refractivity contribution in [3.05, 3.63) is 0 Å². The molecule has 0 aromatic heterocycles. The van der Waals surface area contributed by atoms with E-state index in [1.165, 1.54) is 12.8 Å². The van der Waals surface area contributed by atoms with Gasteiger partial charge >= 0.3 is 5.97 Å². The molecule has 18 heavy (non-hydrogen) atoms. The zero-order chi connectivity index (χ0) is 12.7. The van der Waals surface area contributed by atoms with Gasteiger partial charge in [0.2, 0.25) is 0 Å². The molecule has 1 saturated heterocycles. The maximum Gasteiger partial charge on any atom is 0.309 e. The van der Waals surface area contributed by atoms with Crippen LogP contribution in [0.5, 0.6) is 0 Å². The quantitative estimate of drug-likeness (QED) is 0.665. The van der Waals surface area contributed by atoms with Crippen molar-refractivity contribution >= 4 is 5.97 Å². The van der Waals surface area contributed by atoms with Crippen molar-refractivity contribution in [1.29, 1.82) is 0 Å². The van der Waals surface area contributed by atoms with Crippen LogP contribution in [0.15, 0.2) is 0 Å². The van der Waals surface area contributed by atoms with Gasteiger partial charge in [-0.25, -0.2) is 0 Å². The summed E-state index contributed by atoms with van der Waals surface area (Å²) in [5.74, 6) is 2.69. The molecular formula is C16H22O2. The zero-order valence-electron chi connectivity index (χ0n) is 11.7. The van der Waals surface area contributed by atoms with Crippen LogP contribution in [-0.4, -0.2) is 12.6 Å². The third-order valence-electron chi connectivity index (χ3n) is 7.61. The van der Waals surface area contributed by atoms with E-state index in [9.17, 15) is 4.79 Å². The molecule has 0 N–H and O–H groups in total. The highest BCUT2D eigenvalue weighted by Crippen LogP contribution is 3.09. The van der Waals surface area contributed by atoms with Gasteiger partial charge in [0.15, 0.2) is 0 Å². The van der Waals surface area contributed by atoms with Crippen LogP contribution in [0.25, 0.3) is 0 Å². The van der Waals surface area contributed by atoms with Crippen molar-refractivity contribution < 1.29 is 9.53 Å². The van der Waals surface area contributed by atoms with E-state index in [0.29, 0.717) is 33.5 Å². The average Bonchev–Trinajstić information content (AvgIpc) is 2.68. The SMILES string of the molecule is CC(C)(C)CC12CC3C4C(=O)OCC5C1C32C54C. The van der Waals surface area contributed by atoms with Gasteiger partial charge in [0.05, 0.1) is 12.5 Å². The van der Waals surface area contributed by atoms with E-state index >= 15 is 0 Å². The Morgan fingerprint density at radius 3 is 2.72 bits per heavy atom. The van der Waals surface area contributed by atoms with E-state index in [1.54, 1.807) is 0 Å². The summed E-state index contributed by atoms with van der Waals surface area (Å²) in [7, 11) is 0. The highest BCUT2D eigenvalue weighted by Gasteiger charge is 3.08. The minimum atomic E-state index is 0.124. The molecule has 7 atom stereocenters. The van der Waals surface area contributed by atoms with Gasteiger partial charge in [0.1, 0.15) is 0 Å². The third-order valence-corrected chi connectivity index (χ3v) is 7.61. The number of fused-ring (bicyclic) bond motifs is 3. The molecule has 2 heteroatoms. The zero-order valence-corrected chi connectivity index (χ0v) is 11.7. The van der Waals surface area contributed by atoms with Crippen LogP contribution in [-0.2, 0) is 9.53 Å². The van der Waals surface area contributed by atoms with E-state index in [-0.39, 0.29) is 11.9 Å². The summed E-state index contributed by atoms with van der Waals surface area (Å²) >= 11 is 0. The third kappa shape index (κ3) is 0.600. The van der Waals surface area contributed by atoms with Crippen LogP contribution >= 0.6 is 0 Å². The second kappa shape index (κ2) is 2.19. The lowest BCUT2D eigenvalue weighted by atomic mass is 9.28. The van der Waals surface area contributed by atoms with E-state index in [4.69, 9.17) is 4.74 Å². The Morgan fingerprint density at radius 2 is 2.06 bits per heavy atom. The molecule has 2 nitrogen and oxygen atoms in total. The number of hydrogen-bond donors (Lipinski definition) is 0. The molecule has 1 spiro atoms. The van der Waals surface area contributed by atoms with Crippen LogP contribution in [0.3, 0.4) is 0 Å². The van der Waals surface area contributed by atoms with Crippen molar-refractivity contribution in [2.45, 2.75) is 40.5 Å². The van der Waals surface area contributed by atoms with Gasteiger partial charge < -0.3 is 4.74 Å². The molecule has 5 aliphatic rings. The highest BCUT2D eigenvalue weighted by atomic mass is 16.5. The Bertz CT molecular complexity index is 504. The van der Waals surface area contributed by atoms with Crippen molar-refractivity contribution in [2.24, 2.45) is 45.3 Å². The number of esters is 1. The number of hydrogen-bond acceptors (Lipinski definition) is 2. The van der Waals surface area contributed by atoms with Crippen molar-refractivity contribution in [2.75, 3.05) is 6.61 Å². The molecule has 5 fully saturated rings. The number of ether oxygens (including phenoxy) is 1. The summed E-state index contributed by atoms with van der Waals surface area (Å²) in [4.78, 5) is 12.0. The van der Waals surface area contributed by atoms with E-state index in [2.05, 4.69) is 27.7 Å². The van der Waals surface area contributed by atoms with Crippen molar-refractivity contribution in [3.63, 3.8) is 0 Å². The lowest BCUT2D eigenvalue weighted by Gasteiger charge is -2.76. The Kier molecular flexibility index (Phi) is 1.25. The molecule has 0 aromatic carbocycles. The number of cyclic esters (lactones) is 1. The second-order valence-corrected chi connectivity index (χ2v) is 9.05. The Hall–Kier alpha value is -0.530. The summed E-state index contributed by atoms with van der Waals surface area (Å²) < 4.78 is 5.45. The average molecular weight is 246 g/mol. The van der Waals surface area contributed by atoms with Gasteiger partial charge in [-0.05, 0) is 46.3 Å². The molecule has 0 aromatic rings. The first-order chi connectivity index (χ1) is 8.31. The van der Waals surface area contributed by atoms with Gasteiger partial charge in [-0.3, -0.25) is 4.79 Å². The molecule has 7 unspecified atom stereocenters. The van der Waals surface area contributed by atoms with Crippen LogP contribution in [0, 0.1) is 45.3 Å². The molecule has 0 radical (unpaired) electrons. The van der Waals surface area contributed by atoms with E-state index in [0.717, 1.165) is 12.5 Å². The summed E-state index contributed by atoms with van der Waals surface area (Å²) in [6, 6.07) is 0. The number of rotatable bonds is 1. The van der Waals surface area contributed by atoms with Crippen LogP contribution in [0.2, 0.25) is 0 Å². The second-order valence-electron chi connectivity index (χ2n) is 9.05. The smallest absolute Gasteiger partial charge is 0.309 e. The van der Waals surface area contributed by atoms with E-state index < -0.39 is 0 Å². The Balaban J connectivity index is 1.57. The highest BCUT2D eigenvalue weighted by molar-refractivity contribution is 5.81. The molecule has 1 aliphatic heterocycles. The van der Waals surface area contributed by atoms with Gasteiger partial charge in [0.25, 0.3) is 0 Å². The normalized spacial score (nSPS) is 65.7. The van der Waals surface area contributed by atoms with Gasteiger partial charge in [-0.15, -0.1) is 0 Å². The first-order valence-corrected chi connectivity index (χ1v) is 7.47. The lowest BCUT2D eigenvalue weighted by Crippen LogP contribution is -2.77. The van der Waals surface area contributed by atoms with Gasteiger partial charge in [0, 0.05) is 5.92 Å². The minimum Gasteiger partial charge on any atom is -0.465 e. The maximum atomic E-state index is 12.0. The molecule has 4 aliphatic carbocycles. The summed E-state index contributed by atoms with van der Waals surface area (Å²) in [5, 5.41) is 0. The Morgan fingerprint density at radius 1 is 1.33 bits per heavy atom. The molecule has 5 rings (SSSR count). The molecular weight excluding hydrogens is 224 g/mol. The molecule has 0 amide bonds. The summed E-state index contributed by atoms with van der Waals surface area (Å²) in [6.45, 7) is 10.2. The lowest BCUT2D eigenvalue weighted by molar-refractivity contribution is -0.315. The fourth-order valence-corrected chi connectivity index (χ4v) is 7.91. The fourth-order valence-electron chi connectivity index (χ4n) is 7.91. The van der Waals surface area contributed by atoms with Gasteiger partial charge in [-0.2, -0.15) is 0 Å². The van der Waals surface area contributed by atoms with Crippen LogP contribution in [0.1, 0.15) is 40.5 Å². The number of carbonyl (C=O) groups is 1. The summed E-state index contributed by atoms with van der Waals surface area (Å²) in [5.41, 5.74) is 1.97. The predicted molar refractivity (Wildman–Crippen MR) is 66.6 cm³/mol. The Labute approximate surface area is 108 Å². The first kappa shape index (κ1) is 10.3. The molecule has 1 heterocycles. The molecule has 4 saturated carbocycles. The fraction of sp³-hybridized carbons (Fsp3) is 0.938. The molecule has 0 bridgehead atoms. The standard InChI is InChI=1S/C16H22O2/c1-13(2,3)7-15-5-8-10-12(17)18-6-9-11(15)16(8,15)14(9,10)4/h8-11H,5-7H2,1-4H3. The largest absolute Gasteiger partial charge is 0.465 e. The van der Waals surface area contributed by atoms with Crippen molar-refractivity contribution in [3.8, 4) is 0 Å². The predicted octanol–water partition coefficient (Wildman–Crippen LogP) is 2.87. The van der Waals surface area contributed by atoms with E-state index in [1.807, 2.05) is 0 Å². The number of carbonyl (C=O) groups excluding carboxylic acids is 1.